The lowest BCUT2D eigenvalue weighted by Crippen LogP contribution is -2.38. The summed E-state index contributed by atoms with van der Waals surface area (Å²) in [6.07, 6.45) is 0. The van der Waals surface area contributed by atoms with E-state index < -0.39 is 0 Å². The highest BCUT2D eigenvalue weighted by atomic mass is 19.1. The number of amides is 1. The van der Waals surface area contributed by atoms with E-state index in [1.807, 2.05) is 14.1 Å². The van der Waals surface area contributed by atoms with Crippen molar-refractivity contribution in [2.24, 2.45) is 0 Å². The molecule has 0 saturated carbocycles. The Bertz CT molecular complexity index is 853. The molecule has 25 heavy (non-hydrogen) atoms. The van der Waals surface area contributed by atoms with Gasteiger partial charge in [-0.15, -0.1) is 0 Å². The number of hydrogen-bond acceptors (Lipinski definition) is 4. The molecule has 2 heterocycles. The van der Waals surface area contributed by atoms with Crippen molar-refractivity contribution in [2.75, 3.05) is 26.0 Å². The number of carbonyl (C=O) groups excluding carboxylic acids is 1. The SMILES string of the molecule is CN(C)CC1Nc2ccc(F)cc2C1C1NC(=O)c2ccc(O)cc21. The fourth-order valence-electron chi connectivity index (χ4n) is 4.01. The zero-order chi connectivity index (χ0) is 17.7. The minimum Gasteiger partial charge on any atom is -0.508 e. The number of rotatable bonds is 3. The maximum absolute atomic E-state index is 13.9. The van der Waals surface area contributed by atoms with Gasteiger partial charge in [-0.05, 0) is 61.6 Å². The lowest BCUT2D eigenvalue weighted by Gasteiger charge is -2.28. The molecule has 0 spiro atoms. The number of halogens is 1. The van der Waals surface area contributed by atoms with Gasteiger partial charge in [0.05, 0.1) is 6.04 Å². The third-order valence-corrected chi connectivity index (χ3v) is 4.97. The molecule has 2 aliphatic rings. The lowest BCUT2D eigenvalue weighted by molar-refractivity contribution is 0.0950. The number of phenolic OH excluding ortho intramolecular Hbond substituents is 1. The highest BCUT2D eigenvalue weighted by Crippen LogP contribution is 2.47. The van der Waals surface area contributed by atoms with Crippen molar-refractivity contribution in [3.63, 3.8) is 0 Å². The molecule has 0 aromatic heterocycles. The molecule has 0 radical (unpaired) electrons. The average molecular weight is 341 g/mol. The van der Waals surface area contributed by atoms with E-state index in [-0.39, 0.29) is 35.5 Å². The van der Waals surface area contributed by atoms with Gasteiger partial charge in [-0.25, -0.2) is 4.39 Å². The Morgan fingerprint density at radius 1 is 1.12 bits per heavy atom. The highest BCUT2D eigenvalue weighted by molar-refractivity contribution is 5.99. The number of hydrogen-bond donors (Lipinski definition) is 3. The van der Waals surface area contributed by atoms with Crippen LogP contribution in [0.25, 0.3) is 0 Å². The Balaban J connectivity index is 1.81. The first-order valence-corrected chi connectivity index (χ1v) is 8.28. The number of aromatic hydroxyl groups is 1. The molecule has 130 valence electrons. The second kappa shape index (κ2) is 5.74. The number of likely N-dealkylation sites (N-methyl/N-ethyl adjacent to an activating group) is 1. The minimum atomic E-state index is -0.310. The van der Waals surface area contributed by atoms with Crippen LogP contribution < -0.4 is 10.6 Å². The van der Waals surface area contributed by atoms with Gasteiger partial charge >= 0.3 is 0 Å². The van der Waals surface area contributed by atoms with Gasteiger partial charge in [0.15, 0.2) is 0 Å². The summed E-state index contributed by atoms with van der Waals surface area (Å²) >= 11 is 0. The Labute approximate surface area is 145 Å². The van der Waals surface area contributed by atoms with Crippen molar-refractivity contribution in [3.05, 3.63) is 58.9 Å². The summed E-state index contributed by atoms with van der Waals surface area (Å²) in [5.74, 6) is -0.458. The van der Waals surface area contributed by atoms with Crippen LogP contribution in [0.5, 0.6) is 5.75 Å². The Morgan fingerprint density at radius 2 is 1.92 bits per heavy atom. The van der Waals surface area contributed by atoms with Gasteiger partial charge in [0.2, 0.25) is 0 Å². The monoisotopic (exact) mass is 341 g/mol. The summed E-state index contributed by atoms with van der Waals surface area (Å²) in [5.41, 5.74) is 3.07. The van der Waals surface area contributed by atoms with Crippen LogP contribution in [0.4, 0.5) is 10.1 Å². The van der Waals surface area contributed by atoms with E-state index in [1.165, 1.54) is 18.2 Å². The zero-order valence-corrected chi connectivity index (χ0v) is 14.1. The molecule has 2 aromatic carbocycles. The van der Waals surface area contributed by atoms with E-state index >= 15 is 0 Å². The van der Waals surface area contributed by atoms with Crippen LogP contribution in [-0.4, -0.2) is 42.6 Å². The summed E-state index contributed by atoms with van der Waals surface area (Å²) in [6, 6.07) is 9.20. The molecule has 3 atom stereocenters. The van der Waals surface area contributed by atoms with Gasteiger partial charge in [0, 0.05) is 29.8 Å². The van der Waals surface area contributed by atoms with Crippen LogP contribution in [0.3, 0.4) is 0 Å². The second-order valence-electron chi connectivity index (χ2n) is 6.99. The number of fused-ring (bicyclic) bond motifs is 2. The summed E-state index contributed by atoms with van der Waals surface area (Å²) in [4.78, 5) is 14.4. The van der Waals surface area contributed by atoms with Gasteiger partial charge in [-0.2, -0.15) is 0 Å². The fraction of sp³-hybridized carbons (Fsp3) is 0.316. The normalized spacial score (nSPS) is 24.0. The standard InChI is InChI=1S/C19H20FN3O2/c1-23(2)9-16-17(14-7-10(20)3-6-15(14)21-16)18-13-8-11(24)4-5-12(13)19(25)22-18/h3-8,16-18,21,24H,9H2,1-2H3,(H,22,25). The second-order valence-corrected chi connectivity index (χ2v) is 6.99. The Morgan fingerprint density at radius 3 is 2.68 bits per heavy atom. The summed E-state index contributed by atoms with van der Waals surface area (Å²) in [5, 5.41) is 16.4. The summed E-state index contributed by atoms with van der Waals surface area (Å²) in [6.45, 7) is 0.738. The number of nitrogens with one attached hydrogen (secondary N) is 2. The van der Waals surface area contributed by atoms with Gasteiger partial charge < -0.3 is 20.6 Å². The molecule has 3 N–H and O–H groups in total. The molecule has 1 amide bonds. The first-order valence-electron chi connectivity index (χ1n) is 8.28. The van der Waals surface area contributed by atoms with Gasteiger partial charge in [-0.3, -0.25) is 4.79 Å². The smallest absolute Gasteiger partial charge is 0.252 e. The molecule has 5 nitrogen and oxygen atoms in total. The van der Waals surface area contributed by atoms with Crippen molar-refractivity contribution in [1.82, 2.24) is 10.2 Å². The van der Waals surface area contributed by atoms with Crippen LogP contribution in [0.2, 0.25) is 0 Å². The van der Waals surface area contributed by atoms with Crippen molar-refractivity contribution in [2.45, 2.75) is 18.0 Å². The number of phenols is 1. The predicted molar refractivity (Wildman–Crippen MR) is 93.4 cm³/mol. The van der Waals surface area contributed by atoms with Gasteiger partial charge in [-0.1, -0.05) is 0 Å². The molecule has 2 aliphatic heterocycles. The topological polar surface area (TPSA) is 64.6 Å². The van der Waals surface area contributed by atoms with E-state index in [2.05, 4.69) is 15.5 Å². The molecule has 0 aliphatic carbocycles. The highest BCUT2D eigenvalue weighted by Gasteiger charge is 2.43. The van der Waals surface area contributed by atoms with E-state index in [0.29, 0.717) is 5.56 Å². The number of carbonyl (C=O) groups is 1. The van der Waals surface area contributed by atoms with Crippen molar-refractivity contribution in [3.8, 4) is 5.75 Å². The fourth-order valence-corrected chi connectivity index (χ4v) is 4.01. The molecular formula is C19H20FN3O2. The van der Waals surface area contributed by atoms with E-state index in [0.717, 1.165) is 23.4 Å². The van der Waals surface area contributed by atoms with Crippen molar-refractivity contribution < 1.29 is 14.3 Å². The van der Waals surface area contributed by atoms with E-state index in [4.69, 9.17) is 0 Å². The third kappa shape index (κ3) is 2.62. The third-order valence-electron chi connectivity index (χ3n) is 4.97. The Kier molecular flexibility index (Phi) is 3.65. The molecule has 0 fully saturated rings. The Hall–Kier alpha value is -2.60. The zero-order valence-electron chi connectivity index (χ0n) is 14.1. The van der Waals surface area contributed by atoms with E-state index in [9.17, 15) is 14.3 Å². The van der Waals surface area contributed by atoms with Gasteiger partial charge in [0.1, 0.15) is 11.6 Å². The van der Waals surface area contributed by atoms with Crippen LogP contribution in [-0.2, 0) is 0 Å². The maximum Gasteiger partial charge on any atom is 0.252 e. The largest absolute Gasteiger partial charge is 0.508 e. The quantitative estimate of drug-likeness (QED) is 0.802. The maximum atomic E-state index is 13.9. The summed E-state index contributed by atoms with van der Waals surface area (Å²) < 4.78 is 13.9. The number of nitrogens with zero attached hydrogens (tertiary/aromatic N) is 1. The van der Waals surface area contributed by atoms with Crippen LogP contribution in [0.15, 0.2) is 36.4 Å². The van der Waals surface area contributed by atoms with Crippen molar-refractivity contribution in [1.29, 1.82) is 0 Å². The molecule has 6 heteroatoms. The average Bonchev–Trinajstić information content (AvgIpc) is 3.03. The van der Waals surface area contributed by atoms with Crippen LogP contribution in [0.1, 0.15) is 33.4 Å². The predicted octanol–water partition coefficient (Wildman–Crippen LogP) is 2.46. The minimum absolute atomic E-state index is 0.0189. The molecule has 3 unspecified atom stereocenters. The molecule has 2 aromatic rings. The number of anilines is 1. The molecular weight excluding hydrogens is 321 g/mol. The van der Waals surface area contributed by atoms with E-state index in [1.54, 1.807) is 18.2 Å². The van der Waals surface area contributed by atoms with Crippen molar-refractivity contribution >= 4 is 11.6 Å². The lowest BCUT2D eigenvalue weighted by atomic mass is 9.84. The molecule has 0 saturated heterocycles. The van der Waals surface area contributed by atoms with Crippen LogP contribution >= 0.6 is 0 Å². The van der Waals surface area contributed by atoms with Crippen LogP contribution in [0, 0.1) is 5.82 Å². The first kappa shape index (κ1) is 15.9. The van der Waals surface area contributed by atoms with Gasteiger partial charge in [0.25, 0.3) is 5.91 Å². The summed E-state index contributed by atoms with van der Waals surface area (Å²) in [7, 11) is 3.96. The number of benzene rings is 2. The molecule has 0 bridgehead atoms. The molecule has 4 rings (SSSR count). The first-order chi connectivity index (χ1) is 11.9.